The van der Waals surface area contributed by atoms with Crippen LogP contribution in [0.3, 0.4) is 0 Å². The van der Waals surface area contributed by atoms with Gasteiger partial charge in [-0.1, -0.05) is 66.0 Å². The van der Waals surface area contributed by atoms with E-state index in [1.165, 1.54) is 12.1 Å². The first-order valence-electron chi connectivity index (χ1n) is 6.71. The van der Waals surface area contributed by atoms with Crippen LogP contribution in [0.4, 0.5) is 11.4 Å². The number of alkyl halides is 3. The number of carbonyl (C=O) groups is 1. The van der Waals surface area contributed by atoms with E-state index in [9.17, 15) is 14.9 Å². The zero-order valence-corrected chi connectivity index (χ0v) is 16.8. The first kappa shape index (κ1) is 18.9. The van der Waals surface area contributed by atoms with Gasteiger partial charge in [0.15, 0.2) is 2.14 Å². The molecule has 126 valence electrons. The summed E-state index contributed by atoms with van der Waals surface area (Å²) in [7, 11) is 0. The molecule has 0 aliphatic carbocycles. The van der Waals surface area contributed by atoms with Crippen LogP contribution in [-0.2, 0) is 0 Å². The summed E-state index contributed by atoms with van der Waals surface area (Å²) in [5.41, 5.74) is 1.12. The summed E-state index contributed by atoms with van der Waals surface area (Å²) in [6, 6.07) is 14.7. The van der Waals surface area contributed by atoms with E-state index >= 15 is 0 Å². The molecule has 1 atom stereocenters. The van der Waals surface area contributed by atoms with Crippen LogP contribution in [0.2, 0.25) is 0 Å². The van der Waals surface area contributed by atoms with Gasteiger partial charge < -0.3 is 10.6 Å². The first-order chi connectivity index (χ1) is 11.3. The van der Waals surface area contributed by atoms with E-state index in [4.69, 9.17) is 0 Å². The lowest BCUT2D eigenvalue weighted by molar-refractivity contribution is -0.384. The molecule has 2 aromatic rings. The second-order valence-electron chi connectivity index (χ2n) is 4.76. The fourth-order valence-corrected chi connectivity index (χ4v) is 2.54. The molecule has 0 bridgehead atoms. The lowest BCUT2D eigenvalue weighted by atomic mass is 10.2. The number of hydrogen-bond donors (Lipinski definition) is 2. The second-order valence-corrected chi connectivity index (χ2v) is 11.7. The topological polar surface area (TPSA) is 84.3 Å². The van der Waals surface area contributed by atoms with Gasteiger partial charge in [0, 0.05) is 23.4 Å². The quantitative estimate of drug-likeness (QED) is 0.261. The van der Waals surface area contributed by atoms with E-state index < -0.39 is 13.2 Å². The van der Waals surface area contributed by atoms with Crippen molar-refractivity contribution < 1.29 is 9.72 Å². The minimum Gasteiger partial charge on any atom is -0.363 e. The third-order valence-corrected chi connectivity index (χ3v) is 4.40. The predicted octanol–water partition coefficient (Wildman–Crippen LogP) is 4.60. The molecular weight excluding hydrogens is 510 g/mol. The highest BCUT2D eigenvalue weighted by molar-refractivity contribution is 9.39. The maximum Gasteiger partial charge on any atom is 0.269 e. The first-order valence-corrected chi connectivity index (χ1v) is 9.09. The summed E-state index contributed by atoms with van der Waals surface area (Å²) < 4.78 is -0.820. The van der Waals surface area contributed by atoms with Crippen molar-refractivity contribution in [3.8, 4) is 0 Å². The van der Waals surface area contributed by atoms with E-state index in [2.05, 4.69) is 58.4 Å². The van der Waals surface area contributed by atoms with Crippen molar-refractivity contribution in [2.75, 3.05) is 5.32 Å². The molecule has 0 fully saturated rings. The molecule has 24 heavy (non-hydrogen) atoms. The standard InChI is InChI=1S/C15H12Br3N3O3/c16-15(17,18)14(20-13(22)10-4-2-1-3-5-10)19-11-6-8-12(9-7-11)21(23)24/h1-9,14,19H,(H,20,22)/t14-/m0/s1. The van der Waals surface area contributed by atoms with Gasteiger partial charge in [-0.3, -0.25) is 14.9 Å². The average molecular weight is 522 g/mol. The number of hydrogen-bond acceptors (Lipinski definition) is 4. The number of amides is 1. The van der Waals surface area contributed by atoms with Gasteiger partial charge in [-0.15, -0.1) is 0 Å². The van der Waals surface area contributed by atoms with Crippen molar-refractivity contribution in [3.05, 3.63) is 70.3 Å². The number of halogens is 3. The molecule has 1 amide bonds. The largest absolute Gasteiger partial charge is 0.363 e. The van der Waals surface area contributed by atoms with Crippen molar-refractivity contribution in [2.24, 2.45) is 0 Å². The normalized spacial score (nSPS) is 12.3. The summed E-state index contributed by atoms with van der Waals surface area (Å²) in [6.45, 7) is 0. The van der Waals surface area contributed by atoms with E-state index in [1.54, 1.807) is 36.4 Å². The van der Waals surface area contributed by atoms with E-state index in [0.29, 0.717) is 11.3 Å². The zero-order chi connectivity index (χ0) is 17.7. The minimum atomic E-state index is -0.820. The highest BCUT2D eigenvalue weighted by Crippen LogP contribution is 2.37. The minimum absolute atomic E-state index is 0.00629. The van der Waals surface area contributed by atoms with Crippen LogP contribution in [0, 0.1) is 10.1 Å². The number of carbonyl (C=O) groups excluding carboxylic acids is 1. The maximum absolute atomic E-state index is 12.3. The molecule has 0 unspecified atom stereocenters. The number of anilines is 1. The van der Waals surface area contributed by atoms with Gasteiger partial charge in [0.25, 0.3) is 11.6 Å². The van der Waals surface area contributed by atoms with Gasteiger partial charge in [-0.25, -0.2) is 0 Å². The fraction of sp³-hybridized carbons (Fsp3) is 0.133. The lowest BCUT2D eigenvalue weighted by Crippen LogP contribution is -2.48. The number of non-ortho nitro benzene ring substituents is 1. The number of rotatable bonds is 5. The highest BCUT2D eigenvalue weighted by atomic mass is 80.0. The third kappa shape index (κ3) is 5.29. The van der Waals surface area contributed by atoms with Gasteiger partial charge in [-0.2, -0.15) is 0 Å². The molecule has 0 spiro atoms. The Kier molecular flexibility index (Phi) is 6.36. The molecule has 0 radical (unpaired) electrons. The van der Waals surface area contributed by atoms with Crippen molar-refractivity contribution in [3.63, 3.8) is 0 Å². The molecule has 0 aliphatic heterocycles. The predicted molar refractivity (Wildman–Crippen MR) is 104 cm³/mol. The third-order valence-electron chi connectivity index (χ3n) is 3.03. The molecule has 9 heteroatoms. The van der Waals surface area contributed by atoms with Gasteiger partial charge in [0.1, 0.15) is 6.17 Å². The van der Waals surface area contributed by atoms with Crippen molar-refractivity contribution in [1.82, 2.24) is 5.32 Å². The number of nitro benzene ring substituents is 1. The Morgan fingerprint density at radius 2 is 1.62 bits per heavy atom. The average Bonchev–Trinajstić information content (AvgIpc) is 2.54. The summed E-state index contributed by atoms with van der Waals surface area (Å²) in [5.74, 6) is -0.266. The monoisotopic (exact) mass is 519 g/mol. The van der Waals surface area contributed by atoms with E-state index in [1.807, 2.05) is 6.07 Å². The molecule has 0 heterocycles. The molecule has 2 aromatic carbocycles. The Labute approximate surface area is 163 Å². The number of benzene rings is 2. The molecule has 0 saturated carbocycles. The number of nitrogens with zero attached hydrogens (tertiary/aromatic N) is 1. The maximum atomic E-state index is 12.3. The smallest absolute Gasteiger partial charge is 0.269 e. The Hall–Kier alpha value is -1.45. The van der Waals surface area contributed by atoms with Gasteiger partial charge in [0.2, 0.25) is 0 Å². The van der Waals surface area contributed by atoms with Crippen molar-refractivity contribution in [1.29, 1.82) is 0 Å². The molecule has 2 rings (SSSR count). The summed E-state index contributed by atoms with van der Waals surface area (Å²) >= 11 is 10.2. The molecule has 2 N–H and O–H groups in total. The van der Waals surface area contributed by atoms with Crippen LogP contribution >= 0.6 is 47.8 Å². The molecule has 0 aliphatic rings. The Morgan fingerprint density at radius 1 is 1.04 bits per heavy atom. The van der Waals surface area contributed by atoms with Crippen LogP contribution < -0.4 is 10.6 Å². The summed E-state index contributed by atoms with van der Waals surface area (Å²) in [6.07, 6.45) is -0.591. The molecule has 0 aromatic heterocycles. The number of nitro groups is 1. The van der Waals surface area contributed by atoms with Gasteiger partial charge in [0.05, 0.1) is 4.92 Å². The second kappa shape index (κ2) is 8.09. The van der Waals surface area contributed by atoms with Gasteiger partial charge in [-0.05, 0) is 24.3 Å². The van der Waals surface area contributed by atoms with E-state index in [-0.39, 0.29) is 11.6 Å². The molecule has 6 nitrogen and oxygen atoms in total. The summed E-state index contributed by atoms with van der Waals surface area (Å²) in [4.78, 5) is 22.6. The molecule has 0 saturated heterocycles. The fourth-order valence-electron chi connectivity index (χ4n) is 1.85. The van der Waals surface area contributed by atoms with E-state index in [0.717, 1.165) is 0 Å². The Bertz CT molecular complexity index is 718. The molecular formula is C15H12Br3N3O3. The van der Waals surface area contributed by atoms with Crippen LogP contribution in [-0.4, -0.2) is 19.1 Å². The zero-order valence-electron chi connectivity index (χ0n) is 12.1. The van der Waals surface area contributed by atoms with Crippen LogP contribution in [0.15, 0.2) is 54.6 Å². The Balaban J connectivity index is 2.14. The van der Waals surface area contributed by atoms with Crippen molar-refractivity contribution in [2.45, 2.75) is 8.31 Å². The summed E-state index contributed by atoms with van der Waals surface area (Å²) in [5, 5.41) is 16.6. The van der Waals surface area contributed by atoms with Crippen molar-refractivity contribution >= 4 is 65.1 Å². The van der Waals surface area contributed by atoms with Crippen LogP contribution in [0.25, 0.3) is 0 Å². The van der Waals surface area contributed by atoms with Crippen LogP contribution in [0.5, 0.6) is 0 Å². The Morgan fingerprint density at radius 3 is 2.12 bits per heavy atom. The van der Waals surface area contributed by atoms with Gasteiger partial charge >= 0.3 is 0 Å². The SMILES string of the molecule is O=C(N[C@H](Nc1ccc([N+](=O)[O-])cc1)C(Br)(Br)Br)c1ccccc1. The lowest BCUT2D eigenvalue weighted by Gasteiger charge is -2.28. The number of nitrogens with one attached hydrogen (secondary N) is 2. The van der Waals surface area contributed by atoms with Crippen LogP contribution in [0.1, 0.15) is 10.4 Å². The highest BCUT2D eigenvalue weighted by Gasteiger charge is 2.32.